The molecular formula is C20H19N5. The van der Waals surface area contributed by atoms with Gasteiger partial charge in [0.05, 0.1) is 5.39 Å². The second kappa shape index (κ2) is 5.02. The molecule has 0 N–H and O–H groups in total. The van der Waals surface area contributed by atoms with E-state index in [1.807, 2.05) is 17.5 Å². The summed E-state index contributed by atoms with van der Waals surface area (Å²) in [6.45, 7) is 7.17. The molecule has 0 bridgehead atoms. The van der Waals surface area contributed by atoms with Gasteiger partial charge in [-0.05, 0) is 51.0 Å². The van der Waals surface area contributed by atoms with E-state index in [4.69, 9.17) is 10.1 Å². The van der Waals surface area contributed by atoms with Crippen LogP contribution < -0.4 is 4.90 Å². The fourth-order valence-electron chi connectivity index (χ4n) is 3.94. The number of pyridine rings is 1. The first-order valence-corrected chi connectivity index (χ1v) is 8.62. The van der Waals surface area contributed by atoms with Gasteiger partial charge in [0, 0.05) is 29.2 Å². The molecule has 0 saturated carbocycles. The molecule has 25 heavy (non-hydrogen) atoms. The molecule has 1 aliphatic rings. The first kappa shape index (κ1) is 14.4. The molecule has 0 saturated heterocycles. The van der Waals surface area contributed by atoms with Crippen LogP contribution >= 0.6 is 0 Å². The molecule has 0 amide bonds. The van der Waals surface area contributed by atoms with E-state index < -0.39 is 0 Å². The predicted octanol–water partition coefficient (Wildman–Crippen LogP) is 3.90. The molecule has 4 aromatic rings. The Morgan fingerprint density at radius 3 is 2.60 bits per heavy atom. The summed E-state index contributed by atoms with van der Waals surface area (Å²) in [7, 11) is 0. The molecule has 5 nitrogen and oxygen atoms in total. The highest BCUT2D eigenvalue weighted by Gasteiger charge is 2.28. The smallest absolute Gasteiger partial charge is 0.184 e. The number of anilines is 2. The van der Waals surface area contributed by atoms with Crippen molar-refractivity contribution in [2.75, 3.05) is 11.4 Å². The number of rotatable bonds is 1. The molecule has 4 heterocycles. The van der Waals surface area contributed by atoms with Crippen molar-refractivity contribution in [1.29, 1.82) is 0 Å². The highest BCUT2D eigenvalue weighted by Crippen LogP contribution is 2.37. The maximum Gasteiger partial charge on any atom is 0.184 e. The molecule has 1 aliphatic heterocycles. The lowest BCUT2D eigenvalue weighted by molar-refractivity contribution is 0.911. The second-order valence-electron chi connectivity index (χ2n) is 6.75. The van der Waals surface area contributed by atoms with Crippen molar-refractivity contribution in [3.8, 4) is 0 Å². The molecule has 0 radical (unpaired) electrons. The van der Waals surface area contributed by atoms with E-state index in [0.29, 0.717) is 0 Å². The van der Waals surface area contributed by atoms with Crippen molar-refractivity contribution < 1.29 is 0 Å². The van der Waals surface area contributed by atoms with Crippen LogP contribution in [0.15, 0.2) is 36.4 Å². The van der Waals surface area contributed by atoms with Crippen molar-refractivity contribution in [1.82, 2.24) is 19.6 Å². The first-order valence-electron chi connectivity index (χ1n) is 8.62. The van der Waals surface area contributed by atoms with Gasteiger partial charge in [-0.3, -0.25) is 0 Å². The number of nitrogens with zero attached hydrogens (tertiary/aromatic N) is 5. The maximum absolute atomic E-state index is 4.89. The van der Waals surface area contributed by atoms with Crippen LogP contribution in [0.1, 0.15) is 22.5 Å². The third-order valence-electron chi connectivity index (χ3n) is 5.03. The van der Waals surface area contributed by atoms with Crippen molar-refractivity contribution in [2.45, 2.75) is 27.2 Å². The minimum atomic E-state index is 0.776. The molecule has 0 spiro atoms. The van der Waals surface area contributed by atoms with Gasteiger partial charge in [0.15, 0.2) is 11.3 Å². The molecular weight excluding hydrogens is 310 g/mol. The summed E-state index contributed by atoms with van der Waals surface area (Å²) in [6, 6.07) is 12.6. The number of hydrogen-bond donors (Lipinski definition) is 0. The molecule has 5 rings (SSSR count). The largest absolute Gasteiger partial charge is 0.326 e. The Hall–Kier alpha value is -2.95. The van der Waals surface area contributed by atoms with Gasteiger partial charge in [0.1, 0.15) is 5.82 Å². The fraction of sp³-hybridized carbons (Fsp3) is 0.250. The lowest BCUT2D eigenvalue weighted by Crippen LogP contribution is -2.16. The minimum Gasteiger partial charge on any atom is -0.326 e. The highest BCUT2D eigenvalue weighted by molar-refractivity contribution is 5.94. The Morgan fingerprint density at radius 2 is 1.80 bits per heavy atom. The van der Waals surface area contributed by atoms with Gasteiger partial charge >= 0.3 is 0 Å². The average molecular weight is 329 g/mol. The molecule has 1 aromatic carbocycles. The predicted molar refractivity (Wildman–Crippen MR) is 99.7 cm³/mol. The lowest BCUT2D eigenvalue weighted by Gasteiger charge is -2.20. The topological polar surface area (TPSA) is 46.3 Å². The van der Waals surface area contributed by atoms with Crippen molar-refractivity contribution >= 4 is 28.2 Å². The van der Waals surface area contributed by atoms with Crippen LogP contribution in [0.4, 0.5) is 11.5 Å². The number of benzene rings is 1. The van der Waals surface area contributed by atoms with Crippen LogP contribution in [-0.2, 0) is 6.42 Å². The Morgan fingerprint density at radius 1 is 1.00 bits per heavy atom. The molecule has 124 valence electrons. The van der Waals surface area contributed by atoms with Gasteiger partial charge in [0.2, 0.25) is 0 Å². The van der Waals surface area contributed by atoms with E-state index in [0.717, 1.165) is 46.9 Å². The summed E-state index contributed by atoms with van der Waals surface area (Å²) >= 11 is 0. The van der Waals surface area contributed by atoms with E-state index in [9.17, 15) is 0 Å². The molecule has 0 unspecified atom stereocenters. The zero-order valence-corrected chi connectivity index (χ0v) is 14.6. The molecule has 0 fully saturated rings. The highest BCUT2D eigenvalue weighted by atomic mass is 15.4. The maximum atomic E-state index is 4.89. The van der Waals surface area contributed by atoms with Crippen LogP contribution in [0.3, 0.4) is 0 Å². The summed E-state index contributed by atoms with van der Waals surface area (Å²) in [4.78, 5) is 11.9. The fourth-order valence-corrected chi connectivity index (χ4v) is 3.94. The van der Waals surface area contributed by atoms with Crippen molar-refractivity contribution in [3.05, 3.63) is 58.9 Å². The third-order valence-corrected chi connectivity index (χ3v) is 5.03. The Labute approximate surface area is 145 Å². The number of aromatic nitrogens is 4. The monoisotopic (exact) mass is 329 g/mol. The van der Waals surface area contributed by atoms with Crippen LogP contribution in [0.5, 0.6) is 0 Å². The standard InChI is InChI=1S/C20H19N5/c1-12-11-13(2)21-18-17(12)19-22-14(3)16-9-10-24(20(16)25(19)23-18)15-7-5-4-6-8-15/h4-8,11H,9-10H2,1-3H3. The Balaban J connectivity index is 1.88. The molecule has 3 aromatic heterocycles. The summed E-state index contributed by atoms with van der Waals surface area (Å²) < 4.78 is 1.99. The van der Waals surface area contributed by atoms with Crippen molar-refractivity contribution in [2.24, 2.45) is 0 Å². The van der Waals surface area contributed by atoms with Crippen LogP contribution in [0, 0.1) is 20.8 Å². The summed E-state index contributed by atoms with van der Waals surface area (Å²) in [5.41, 5.74) is 7.39. The molecule has 0 aliphatic carbocycles. The van der Waals surface area contributed by atoms with E-state index in [1.165, 1.54) is 16.8 Å². The van der Waals surface area contributed by atoms with Crippen LogP contribution in [-0.4, -0.2) is 26.1 Å². The number of hydrogen-bond acceptors (Lipinski definition) is 4. The average Bonchev–Trinajstić information content (AvgIpc) is 3.17. The lowest BCUT2D eigenvalue weighted by atomic mass is 10.1. The first-order chi connectivity index (χ1) is 12.1. The Bertz CT molecular complexity index is 1130. The van der Waals surface area contributed by atoms with Gasteiger partial charge in [0.25, 0.3) is 0 Å². The van der Waals surface area contributed by atoms with Gasteiger partial charge in [-0.2, -0.15) is 4.52 Å². The zero-order valence-electron chi connectivity index (χ0n) is 14.6. The Kier molecular flexibility index (Phi) is 2.89. The summed E-state index contributed by atoms with van der Waals surface area (Å²) in [5, 5.41) is 5.88. The van der Waals surface area contributed by atoms with Crippen LogP contribution in [0.2, 0.25) is 0 Å². The zero-order chi connectivity index (χ0) is 17.1. The normalized spacial score (nSPS) is 13.8. The third kappa shape index (κ3) is 1.98. The quantitative estimate of drug-likeness (QED) is 0.531. The van der Waals surface area contributed by atoms with Gasteiger partial charge in [-0.15, -0.1) is 5.10 Å². The van der Waals surface area contributed by atoms with Gasteiger partial charge < -0.3 is 4.90 Å². The molecule has 5 heteroatoms. The van der Waals surface area contributed by atoms with E-state index >= 15 is 0 Å². The van der Waals surface area contributed by atoms with E-state index in [2.05, 4.69) is 54.1 Å². The van der Waals surface area contributed by atoms with Gasteiger partial charge in [-0.25, -0.2) is 9.97 Å². The second-order valence-corrected chi connectivity index (χ2v) is 6.75. The summed E-state index contributed by atoms with van der Waals surface area (Å²) in [6.07, 6.45) is 0.987. The number of para-hydroxylation sites is 1. The SMILES string of the molecule is Cc1cc(C)c2c(n1)nn1c3c(c(C)nc21)CCN3c1ccccc1. The number of fused-ring (bicyclic) bond motifs is 5. The van der Waals surface area contributed by atoms with E-state index in [1.54, 1.807) is 0 Å². The minimum absolute atomic E-state index is 0.776. The van der Waals surface area contributed by atoms with Crippen molar-refractivity contribution in [3.63, 3.8) is 0 Å². The summed E-state index contributed by atoms with van der Waals surface area (Å²) in [5.74, 6) is 1.13. The van der Waals surface area contributed by atoms with Gasteiger partial charge in [-0.1, -0.05) is 18.2 Å². The van der Waals surface area contributed by atoms with E-state index in [-0.39, 0.29) is 0 Å². The molecule has 0 atom stereocenters. The van der Waals surface area contributed by atoms with Crippen LogP contribution in [0.25, 0.3) is 16.7 Å². The number of aryl methyl sites for hydroxylation is 3.